The number of amides is 1. The second-order valence-electron chi connectivity index (χ2n) is 7.86. The highest BCUT2D eigenvalue weighted by Gasteiger charge is 2.22. The molecule has 0 atom stereocenters. The first-order chi connectivity index (χ1) is 16.8. The largest absolute Gasteiger partial charge is 0.494 e. The third kappa shape index (κ3) is 5.07. The SMILES string of the molecule is CCOC(=O)c1cc(OC)c2c(c1)nc(NC(=O)c1cc(C)nn1CC)n2Cc1ccc(Br)cc1. The summed E-state index contributed by atoms with van der Waals surface area (Å²) in [5.74, 6) is -0.0219. The summed E-state index contributed by atoms with van der Waals surface area (Å²) in [4.78, 5) is 30.3. The van der Waals surface area contributed by atoms with Crippen LogP contribution in [0.25, 0.3) is 11.0 Å². The Morgan fingerprint density at radius 3 is 2.51 bits per heavy atom. The van der Waals surface area contributed by atoms with Crippen molar-refractivity contribution in [2.75, 3.05) is 19.0 Å². The summed E-state index contributed by atoms with van der Waals surface area (Å²) < 4.78 is 15.3. The van der Waals surface area contributed by atoms with Gasteiger partial charge in [-0.2, -0.15) is 5.10 Å². The summed E-state index contributed by atoms with van der Waals surface area (Å²) in [5.41, 5.74) is 3.66. The molecule has 2 heterocycles. The van der Waals surface area contributed by atoms with Gasteiger partial charge in [0.25, 0.3) is 5.91 Å². The Morgan fingerprint density at radius 2 is 1.86 bits per heavy atom. The number of anilines is 1. The number of ether oxygens (including phenoxy) is 2. The molecule has 0 aliphatic carbocycles. The molecule has 1 amide bonds. The van der Waals surface area contributed by atoms with Crippen LogP contribution >= 0.6 is 15.9 Å². The highest BCUT2D eigenvalue weighted by atomic mass is 79.9. The lowest BCUT2D eigenvalue weighted by Gasteiger charge is -2.13. The average molecular weight is 540 g/mol. The van der Waals surface area contributed by atoms with E-state index in [-0.39, 0.29) is 12.5 Å². The van der Waals surface area contributed by atoms with E-state index in [1.165, 1.54) is 7.11 Å². The van der Waals surface area contributed by atoms with Crippen molar-refractivity contribution in [3.63, 3.8) is 0 Å². The maximum absolute atomic E-state index is 13.2. The number of esters is 1. The van der Waals surface area contributed by atoms with Crippen molar-refractivity contribution < 1.29 is 19.1 Å². The maximum atomic E-state index is 13.2. The Morgan fingerprint density at radius 1 is 1.11 bits per heavy atom. The number of methoxy groups -OCH3 is 1. The molecule has 4 aromatic rings. The van der Waals surface area contributed by atoms with Gasteiger partial charge in [-0.3, -0.25) is 14.8 Å². The van der Waals surface area contributed by atoms with Crippen LogP contribution in [0.5, 0.6) is 5.75 Å². The van der Waals surface area contributed by atoms with E-state index >= 15 is 0 Å². The number of carbonyl (C=O) groups excluding carboxylic acids is 2. The number of imidazole rings is 1. The summed E-state index contributed by atoms with van der Waals surface area (Å²) in [5, 5.41) is 7.29. The Kier molecular flexibility index (Phi) is 7.20. The number of aromatic nitrogens is 4. The Bertz CT molecular complexity index is 1390. The predicted molar refractivity (Wildman–Crippen MR) is 136 cm³/mol. The predicted octanol–water partition coefficient (Wildman–Crippen LogP) is 4.81. The number of fused-ring (bicyclic) bond motifs is 1. The monoisotopic (exact) mass is 539 g/mol. The van der Waals surface area contributed by atoms with Crippen molar-refractivity contribution in [1.29, 1.82) is 0 Å². The number of hydrogen-bond donors (Lipinski definition) is 1. The lowest BCUT2D eigenvalue weighted by atomic mass is 10.1. The van der Waals surface area contributed by atoms with Crippen LogP contribution in [0.3, 0.4) is 0 Å². The number of rotatable bonds is 8. The molecule has 0 saturated heterocycles. The van der Waals surface area contributed by atoms with Gasteiger partial charge in [0.05, 0.1) is 37.0 Å². The number of halogens is 1. The molecule has 4 rings (SSSR count). The van der Waals surface area contributed by atoms with Crippen molar-refractivity contribution >= 4 is 44.8 Å². The second kappa shape index (κ2) is 10.3. The van der Waals surface area contributed by atoms with Gasteiger partial charge < -0.3 is 14.0 Å². The zero-order valence-corrected chi connectivity index (χ0v) is 21.5. The highest BCUT2D eigenvalue weighted by Crippen LogP contribution is 2.32. The van der Waals surface area contributed by atoms with Crippen LogP contribution < -0.4 is 10.1 Å². The molecular formula is C25H26BrN5O4. The molecule has 2 aromatic heterocycles. The maximum Gasteiger partial charge on any atom is 0.338 e. The van der Waals surface area contributed by atoms with Gasteiger partial charge in [-0.25, -0.2) is 9.78 Å². The number of nitrogens with one attached hydrogen (secondary N) is 1. The molecule has 182 valence electrons. The van der Waals surface area contributed by atoms with Crippen LogP contribution in [-0.2, 0) is 17.8 Å². The molecule has 35 heavy (non-hydrogen) atoms. The third-order valence-electron chi connectivity index (χ3n) is 5.45. The van der Waals surface area contributed by atoms with Crippen LogP contribution in [0.4, 0.5) is 5.95 Å². The number of benzene rings is 2. The fourth-order valence-electron chi connectivity index (χ4n) is 3.87. The molecule has 0 aliphatic heterocycles. The first-order valence-corrected chi connectivity index (χ1v) is 12.0. The normalized spacial score (nSPS) is 11.0. The molecule has 9 nitrogen and oxygen atoms in total. The summed E-state index contributed by atoms with van der Waals surface area (Å²) in [6.07, 6.45) is 0. The van der Waals surface area contributed by atoms with E-state index in [0.717, 1.165) is 15.7 Å². The van der Waals surface area contributed by atoms with E-state index in [1.54, 1.807) is 29.8 Å². The van der Waals surface area contributed by atoms with Crippen molar-refractivity contribution in [2.45, 2.75) is 33.9 Å². The van der Waals surface area contributed by atoms with Crippen LogP contribution in [0.15, 0.2) is 46.9 Å². The van der Waals surface area contributed by atoms with Crippen molar-refractivity contribution in [3.8, 4) is 5.75 Å². The van der Waals surface area contributed by atoms with Crippen LogP contribution in [0.1, 0.15) is 46.0 Å². The fourth-order valence-corrected chi connectivity index (χ4v) is 4.14. The summed E-state index contributed by atoms with van der Waals surface area (Å²) in [6, 6.07) is 12.9. The van der Waals surface area contributed by atoms with Crippen LogP contribution in [-0.4, -0.2) is 44.9 Å². The van der Waals surface area contributed by atoms with E-state index in [9.17, 15) is 9.59 Å². The van der Waals surface area contributed by atoms with Gasteiger partial charge in [0.1, 0.15) is 17.0 Å². The zero-order valence-electron chi connectivity index (χ0n) is 20.0. The molecule has 10 heteroatoms. The molecule has 1 N–H and O–H groups in total. The van der Waals surface area contributed by atoms with Gasteiger partial charge in [-0.1, -0.05) is 28.1 Å². The lowest BCUT2D eigenvalue weighted by Crippen LogP contribution is -2.20. The number of hydrogen-bond acceptors (Lipinski definition) is 6. The van der Waals surface area contributed by atoms with Gasteiger partial charge in [0, 0.05) is 11.0 Å². The van der Waals surface area contributed by atoms with E-state index in [2.05, 4.69) is 31.3 Å². The van der Waals surface area contributed by atoms with Crippen molar-refractivity contribution in [2.24, 2.45) is 0 Å². The molecule has 2 aromatic carbocycles. The molecule has 0 radical (unpaired) electrons. The fraction of sp³-hybridized carbons (Fsp3) is 0.280. The minimum Gasteiger partial charge on any atom is -0.494 e. The quantitative estimate of drug-likeness (QED) is 0.322. The van der Waals surface area contributed by atoms with Gasteiger partial charge in [0.2, 0.25) is 5.95 Å². The highest BCUT2D eigenvalue weighted by molar-refractivity contribution is 9.10. The van der Waals surface area contributed by atoms with E-state index < -0.39 is 5.97 Å². The third-order valence-corrected chi connectivity index (χ3v) is 5.98. The topological polar surface area (TPSA) is 100 Å². The van der Waals surface area contributed by atoms with Gasteiger partial charge in [-0.15, -0.1) is 0 Å². The van der Waals surface area contributed by atoms with Crippen molar-refractivity contribution in [3.05, 3.63) is 69.5 Å². The van der Waals surface area contributed by atoms with E-state index in [4.69, 9.17) is 9.47 Å². The van der Waals surface area contributed by atoms with Crippen LogP contribution in [0, 0.1) is 6.92 Å². The van der Waals surface area contributed by atoms with Crippen molar-refractivity contribution in [1.82, 2.24) is 19.3 Å². The molecule has 0 fully saturated rings. The van der Waals surface area contributed by atoms with E-state index in [0.29, 0.717) is 47.1 Å². The molecular weight excluding hydrogens is 514 g/mol. The summed E-state index contributed by atoms with van der Waals surface area (Å²) in [7, 11) is 1.53. The Balaban J connectivity index is 1.84. The Hall–Kier alpha value is -3.66. The number of carbonyl (C=O) groups is 2. The first-order valence-electron chi connectivity index (χ1n) is 11.2. The van der Waals surface area contributed by atoms with Gasteiger partial charge in [-0.05, 0) is 56.7 Å². The molecule has 0 saturated carbocycles. The van der Waals surface area contributed by atoms with E-state index in [1.807, 2.05) is 42.7 Å². The molecule has 0 unspecified atom stereocenters. The number of nitrogens with zero attached hydrogens (tertiary/aromatic N) is 4. The zero-order chi connectivity index (χ0) is 25.1. The molecule has 0 aliphatic rings. The van der Waals surface area contributed by atoms with Crippen LogP contribution in [0.2, 0.25) is 0 Å². The summed E-state index contributed by atoms with van der Waals surface area (Å²) in [6.45, 7) is 6.74. The summed E-state index contributed by atoms with van der Waals surface area (Å²) >= 11 is 3.46. The smallest absolute Gasteiger partial charge is 0.338 e. The molecule has 0 bridgehead atoms. The average Bonchev–Trinajstić information content (AvgIpc) is 3.39. The standard InChI is InChI=1S/C25H26BrN5O4/c1-5-31-20(11-15(3)29-31)23(32)28-25-27-19-12-17(24(33)35-6-2)13-21(34-4)22(19)30(25)14-16-7-9-18(26)10-8-16/h7-13H,5-6,14H2,1-4H3,(H,27,28,32). The van der Waals surface area contributed by atoms with Gasteiger partial charge >= 0.3 is 5.97 Å². The minimum atomic E-state index is -0.469. The first kappa shape index (κ1) is 24.5. The number of aryl methyl sites for hydroxylation is 2. The second-order valence-corrected chi connectivity index (χ2v) is 8.77. The lowest BCUT2D eigenvalue weighted by molar-refractivity contribution is 0.0526. The Labute approximate surface area is 211 Å². The molecule has 0 spiro atoms. The minimum absolute atomic E-state index is 0.253. The van der Waals surface area contributed by atoms with Gasteiger partial charge in [0.15, 0.2) is 0 Å².